The Morgan fingerprint density at radius 2 is 1.81 bits per heavy atom. The highest BCUT2D eigenvalue weighted by molar-refractivity contribution is 6.01. The molecule has 0 spiro atoms. The van der Waals surface area contributed by atoms with Crippen molar-refractivity contribution in [1.82, 2.24) is 14.7 Å². The molecule has 26 heavy (non-hydrogen) atoms. The molecule has 0 radical (unpaired) electrons. The van der Waals surface area contributed by atoms with Crippen LogP contribution in [0.1, 0.15) is 49.5 Å². The van der Waals surface area contributed by atoms with Gasteiger partial charge in [0.2, 0.25) is 5.91 Å². The minimum absolute atomic E-state index is 0.00391. The Bertz CT molecular complexity index is 650. The molecular weight excluding hydrogens is 326 g/mol. The van der Waals surface area contributed by atoms with Crippen LogP contribution in [0.4, 0.5) is 0 Å². The fourth-order valence-corrected chi connectivity index (χ4v) is 4.06. The Labute approximate surface area is 156 Å². The monoisotopic (exact) mass is 357 g/mol. The summed E-state index contributed by atoms with van der Waals surface area (Å²) in [6.45, 7) is 11.5. The van der Waals surface area contributed by atoms with Crippen molar-refractivity contribution in [3.63, 3.8) is 0 Å². The van der Waals surface area contributed by atoms with E-state index in [1.54, 1.807) is 4.90 Å². The number of carbonyl (C=O) groups is 2. The molecule has 142 valence electrons. The minimum Gasteiger partial charge on any atom is -0.338 e. The lowest BCUT2D eigenvalue weighted by molar-refractivity contribution is -0.138. The van der Waals surface area contributed by atoms with Crippen molar-refractivity contribution >= 4 is 11.8 Å². The first-order valence-electron chi connectivity index (χ1n) is 9.91. The largest absolute Gasteiger partial charge is 0.338 e. The van der Waals surface area contributed by atoms with E-state index >= 15 is 0 Å². The lowest BCUT2D eigenvalue weighted by Gasteiger charge is -2.38. The number of amides is 2. The zero-order valence-electron chi connectivity index (χ0n) is 16.3. The van der Waals surface area contributed by atoms with Crippen LogP contribution >= 0.6 is 0 Å². The predicted octanol–water partition coefficient (Wildman–Crippen LogP) is 2.61. The zero-order valence-corrected chi connectivity index (χ0v) is 16.3. The number of nitrogens with zero attached hydrogens (tertiary/aromatic N) is 3. The van der Waals surface area contributed by atoms with Crippen LogP contribution in [0.2, 0.25) is 0 Å². The second-order valence-corrected chi connectivity index (χ2v) is 7.90. The molecule has 2 amide bonds. The molecule has 3 rings (SSSR count). The topological polar surface area (TPSA) is 43.9 Å². The summed E-state index contributed by atoms with van der Waals surface area (Å²) in [5.41, 5.74) is 1.79. The standard InChI is InChI=1S/C21H31N3O2/c1-4-9-22-10-12-23(13-11-22)21(26)19(14-16(2)3)24-15-17-7-5-6-8-18(17)20(24)25/h5-8,16,19H,4,9-15H2,1-3H3/t19-/m0/s1. The molecule has 1 atom stereocenters. The molecule has 2 aliphatic heterocycles. The van der Waals surface area contributed by atoms with Crippen LogP contribution in [-0.4, -0.2) is 65.3 Å². The summed E-state index contributed by atoms with van der Waals surface area (Å²) >= 11 is 0. The third-order valence-corrected chi connectivity index (χ3v) is 5.43. The van der Waals surface area contributed by atoms with E-state index < -0.39 is 0 Å². The summed E-state index contributed by atoms with van der Waals surface area (Å²) in [7, 11) is 0. The molecule has 0 aromatic heterocycles. The Morgan fingerprint density at radius 1 is 1.12 bits per heavy atom. The molecule has 1 aromatic rings. The fraction of sp³-hybridized carbons (Fsp3) is 0.619. The summed E-state index contributed by atoms with van der Waals surface area (Å²) in [6, 6.07) is 7.37. The Balaban J connectivity index is 1.73. The van der Waals surface area contributed by atoms with Gasteiger partial charge in [0.1, 0.15) is 6.04 Å². The molecule has 0 aliphatic carbocycles. The van der Waals surface area contributed by atoms with Gasteiger partial charge in [-0.25, -0.2) is 0 Å². The highest BCUT2D eigenvalue weighted by Gasteiger charge is 2.38. The van der Waals surface area contributed by atoms with Gasteiger partial charge in [-0.15, -0.1) is 0 Å². The fourth-order valence-electron chi connectivity index (χ4n) is 4.06. The van der Waals surface area contributed by atoms with E-state index in [9.17, 15) is 9.59 Å². The second-order valence-electron chi connectivity index (χ2n) is 7.90. The number of rotatable bonds is 6. The molecule has 2 aliphatic rings. The van der Waals surface area contributed by atoms with Gasteiger partial charge in [-0.1, -0.05) is 39.0 Å². The average Bonchev–Trinajstić information content (AvgIpc) is 2.97. The van der Waals surface area contributed by atoms with Crippen molar-refractivity contribution in [2.75, 3.05) is 32.7 Å². The first kappa shape index (κ1) is 18.9. The van der Waals surface area contributed by atoms with Crippen LogP contribution in [0.25, 0.3) is 0 Å². The van der Waals surface area contributed by atoms with Crippen molar-refractivity contribution in [3.05, 3.63) is 35.4 Å². The maximum atomic E-state index is 13.3. The van der Waals surface area contributed by atoms with Gasteiger partial charge in [0.25, 0.3) is 5.91 Å². The first-order chi connectivity index (χ1) is 12.5. The molecule has 1 aromatic carbocycles. The lowest BCUT2D eigenvalue weighted by Crippen LogP contribution is -2.55. The highest BCUT2D eigenvalue weighted by Crippen LogP contribution is 2.28. The molecular formula is C21H31N3O2. The van der Waals surface area contributed by atoms with Gasteiger partial charge >= 0.3 is 0 Å². The van der Waals surface area contributed by atoms with Crippen LogP contribution in [-0.2, 0) is 11.3 Å². The highest BCUT2D eigenvalue weighted by atomic mass is 16.2. The molecule has 1 saturated heterocycles. The van der Waals surface area contributed by atoms with E-state index in [1.165, 1.54) is 0 Å². The SMILES string of the molecule is CCCN1CCN(C(=O)[C@H](CC(C)C)N2Cc3ccccc3C2=O)CC1. The number of hydrogen-bond donors (Lipinski definition) is 0. The van der Waals surface area contributed by atoms with Crippen molar-refractivity contribution in [1.29, 1.82) is 0 Å². The Morgan fingerprint density at radius 3 is 2.42 bits per heavy atom. The molecule has 5 nitrogen and oxygen atoms in total. The lowest BCUT2D eigenvalue weighted by atomic mass is 10.0. The van der Waals surface area contributed by atoms with E-state index in [1.807, 2.05) is 29.2 Å². The minimum atomic E-state index is -0.354. The van der Waals surface area contributed by atoms with E-state index in [-0.39, 0.29) is 17.9 Å². The van der Waals surface area contributed by atoms with Crippen LogP contribution < -0.4 is 0 Å². The van der Waals surface area contributed by atoms with Crippen LogP contribution in [0.15, 0.2) is 24.3 Å². The maximum absolute atomic E-state index is 13.3. The summed E-state index contributed by atoms with van der Waals surface area (Å²) in [5.74, 6) is 0.488. The molecule has 1 fully saturated rings. The van der Waals surface area contributed by atoms with Gasteiger partial charge in [-0.2, -0.15) is 0 Å². The Hall–Kier alpha value is -1.88. The van der Waals surface area contributed by atoms with E-state index in [4.69, 9.17) is 0 Å². The van der Waals surface area contributed by atoms with Gasteiger partial charge in [-0.05, 0) is 36.9 Å². The predicted molar refractivity (Wildman–Crippen MR) is 103 cm³/mol. The smallest absolute Gasteiger partial charge is 0.255 e. The summed E-state index contributed by atoms with van der Waals surface area (Å²) in [5, 5.41) is 0. The summed E-state index contributed by atoms with van der Waals surface area (Å²) in [4.78, 5) is 32.4. The Kier molecular flexibility index (Phi) is 5.97. The van der Waals surface area contributed by atoms with Gasteiger partial charge in [0.05, 0.1) is 0 Å². The van der Waals surface area contributed by atoms with E-state index in [2.05, 4.69) is 25.7 Å². The average molecular weight is 357 g/mol. The van der Waals surface area contributed by atoms with Gasteiger partial charge in [0, 0.05) is 38.3 Å². The number of fused-ring (bicyclic) bond motifs is 1. The quantitative estimate of drug-likeness (QED) is 0.786. The van der Waals surface area contributed by atoms with E-state index in [0.29, 0.717) is 18.9 Å². The number of carbonyl (C=O) groups excluding carboxylic acids is 2. The van der Waals surface area contributed by atoms with Gasteiger partial charge in [-0.3, -0.25) is 14.5 Å². The summed E-state index contributed by atoms with van der Waals surface area (Å²) < 4.78 is 0. The van der Waals surface area contributed by atoms with E-state index in [0.717, 1.165) is 50.3 Å². The molecule has 0 unspecified atom stereocenters. The zero-order chi connectivity index (χ0) is 18.7. The summed E-state index contributed by atoms with van der Waals surface area (Å²) in [6.07, 6.45) is 1.86. The van der Waals surface area contributed by atoms with Gasteiger partial charge in [0.15, 0.2) is 0 Å². The molecule has 2 heterocycles. The normalized spacial score (nSPS) is 19.2. The van der Waals surface area contributed by atoms with Crippen molar-refractivity contribution in [3.8, 4) is 0 Å². The molecule has 0 N–H and O–H groups in total. The molecule has 0 saturated carbocycles. The van der Waals surface area contributed by atoms with Crippen molar-refractivity contribution in [2.45, 2.75) is 46.2 Å². The van der Waals surface area contributed by atoms with Crippen LogP contribution in [0.5, 0.6) is 0 Å². The molecule has 5 heteroatoms. The number of benzene rings is 1. The third kappa shape index (κ3) is 3.93. The van der Waals surface area contributed by atoms with Crippen molar-refractivity contribution in [2.24, 2.45) is 5.92 Å². The first-order valence-corrected chi connectivity index (χ1v) is 9.91. The van der Waals surface area contributed by atoms with Crippen molar-refractivity contribution < 1.29 is 9.59 Å². The number of piperazine rings is 1. The number of hydrogen-bond acceptors (Lipinski definition) is 3. The third-order valence-electron chi connectivity index (χ3n) is 5.43. The second kappa shape index (κ2) is 8.21. The van der Waals surface area contributed by atoms with Gasteiger partial charge < -0.3 is 9.80 Å². The molecule has 0 bridgehead atoms. The van der Waals surface area contributed by atoms with Crippen LogP contribution in [0.3, 0.4) is 0 Å². The maximum Gasteiger partial charge on any atom is 0.255 e. The van der Waals surface area contributed by atoms with Crippen LogP contribution in [0, 0.1) is 5.92 Å².